The van der Waals surface area contributed by atoms with Crippen LogP contribution in [0.4, 0.5) is 5.69 Å². The van der Waals surface area contributed by atoms with Gasteiger partial charge < -0.3 is 19.5 Å². The number of hydrogen-bond donors (Lipinski definition) is 2. The summed E-state index contributed by atoms with van der Waals surface area (Å²) in [5, 5.41) is 18.7. The highest BCUT2D eigenvalue weighted by Crippen LogP contribution is 2.45. The van der Waals surface area contributed by atoms with E-state index in [2.05, 4.69) is 41.5 Å². The fourth-order valence-corrected chi connectivity index (χ4v) is 9.82. The Morgan fingerprint density at radius 3 is 2.47 bits per heavy atom. The summed E-state index contributed by atoms with van der Waals surface area (Å²) in [6.45, 7) is 7.70. The number of aliphatic hydroxyl groups excluding tert-OH is 1. The van der Waals surface area contributed by atoms with E-state index in [9.17, 15) is 14.7 Å². The van der Waals surface area contributed by atoms with Crippen LogP contribution in [0.15, 0.2) is 60.8 Å². The number of ether oxygens (including phenoxy) is 1. The van der Waals surface area contributed by atoms with Crippen molar-refractivity contribution in [1.29, 1.82) is 0 Å². The average molecular weight is 605 g/mol. The van der Waals surface area contributed by atoms with Gasteiger partial charge in [0.25, 0.3) is 0 Å². The van der Waals surface area contributed by atoms with Crippen molar-refractivity contribution in [2.45, 2.75) is 102 Å². The number of nitrogens with zero attached hydrogens (tertiary/aromatic N) is 4. The summed E-state index contributed by atoms with van der Waals surface area (Å²) in [5.41, 5.74) is 4.14. The van der Waals surface area contributed by atoms with Gasteiger partial charge in [0, 0.05) is 36.9 Å². The van der Waals surface area contributed by atoms with E-state index in [1.54, 1.807) is 0 Å². The number of amides is 1. The number of aryl methyl sites for hydroxylation is 2. The molecule has 5 atom stereocenters. The number of carbonyl (C=O) groups is 1. The van der Waals surface area contributed by atoms with Crippen molar-refractivity contribution in [3.05, 3.63) is 77.6 Å². The molecular formula is C34H48N4O4Si. The molecule has 8 nitrogen and oxygen atoms in total. The molecule has 2 fully saturated rings. The number of benzene rings is 2. The summed E-state index contributed by atoms with van der Waals surface area (Å²) in [6, 6.07) is 18.4. The molecule has 0 spiro atoms. The summed E-state index contributed by atoms with van der Waals surface area (Å²) in [4.78, 5) is 25.9. The number of carbonyl (C=O) groups excluding carboxylic acids is 1. The van der Waals surface area contributed by atoms with Crippen LogP contribution in [0.1, 0.15) is 74.6 Å². The first-order chi connectivity index (χ1) is 20.7. The summed E-state index contributed by atoms with van der Waals surface area (Å²) in [7, 11) is -2.48. The molecular weight excluding hydrogens is 556 g/mol. The molecule has 9 heteroatoms. The minimum Gasteiger partial charge on any atom is -0.432 e. The first-order valence-electron chi connectivity index (χ1n) is 16.1. The molecule has 43 heavy (non-hydrogen) atoms. The van der Waals surface area contributed by atoms with Gasteiger partial charge in [0.15, 0.2) is 8.32 Å². The highest BCUT2D eigenvalue weighted by atomic mass is 28.4. The van der Waals surface area contributed by atoms with E-state index in [1.165, 1.54) is 12.0 Å². The second-order valence-corrected chi connectivity index (χ2v) is 17.0. The third-order valence-corrected chi connectivity index (χ3v) is 12.0. The van der Waals surface area contributed by atoms with E-state index < -0.39 is 8.32 Å². The summed E-state index contributed by atoms with van der Waals surface area (Å²) in [5.74, 6) is 0.292. The van der Waals surface area contributed by atoms with Crippen LogP contribution in [0.25, 0.3) is 0 Å². The Hall–Kier alpha value is -2.85. The standard InChI is InChI=1S/C34H48N4O4Si/c1-25-31(19-16-26-14-17-28(18-15-26)38-21-10-5-4-9-13-33(38)40)42-32(34(25)43(2,3)41)20-22-37-23-30(35-36-37)29(24-39)27-11-7-6-8-12-27/h6-8,11-12,14-15,17-18,23,25,29,31-32,34,39,41H,4-5,9-10,13,16,19-22,24H2,1-3H3/t25-,29?,31+,32-,34+/m0/s1. The van der Waals surface area contributed by atoms with Gasteiger partial charge in [0.05, 0.1) is 30.4 Å². The number of hydrogen-bond acceptors (Lipinski definition) is 6. The summed E-state index contributed by atoms with van der Waals surface area (Å²) in [6.07, 6.45) is 9.52. The van der Waals surface area contributed by atoms with Crippen molar-refractivity contribution >= 4 is 19.9 Å². The van der Waals surface area contributed by atoms with Crippen LogP contribution in [0.5, 0.6) is 0 Å². The first kappa shape index (κ1) is 31.6. The Morgan fingerprint density at radius 1 is 1.00 bits per heavy atom. The summed E-state index contributed by atoms with van der Waals surface area (Å²) < 4.78 is 8.52. The second-order valence-electron chi connectivity index (χ2n) is 13.0. The maximum absolute atomic E-state index is 12.7. The zero-order chi connectivity index (χ0) is 30.4. The Balaban J connectivity index is 1.19. The maximum atomic E-state index is 12.7. The Kier molecular flexibility index (Phi) is 10.5. The highest BCUT2D eigenvalue weighted by molar-refractivity contribution is 6.71. The van der Waals surface area contributed by atoms with Gasteiger partial charge in [0.2, 0.25) is 5.91 Å². The van der Waals surface area contributed by atoms with Gasteiger partial charge in [0.1, 0.15) is 0 Å². The zero-order valence-electron chi connectivity index (χ0n) is 25.9. The molecule has 1 amide bonds. The topological polar surface area (TPSA) is 101 Å². The normalized spacial score (nSPS) is 24.1. The van der Waals surface area contributed by atoms with E-state index in [0.29, 0.717) is 13.0 Å². The molecule has 0 radical (unpaired) electrons. The number of rotatable bonds is 11. The average Bonchev–Trinajstić information content (AvgIpc) is 3.58. The van der Waals surface area contributed by atoms with Gasteiger partial charge in [-0.25, -0.2) is 0 Å². The van der Waals surface area contributed by atoms with Crippen molar-refractivity contribution in [3.8, 4) is 0 Å². The molecule has 232 valence electrons. The summed E-state index contributed by atoms with van der Waals surface area (Å²) >= 11 is 0. The van der Waals surface area contributed by atoms with Gasteiger partial charge in [-0.15, -0.1) is 5.10 Å². The van der Waals surface area contributed by atoms with Gasteiger partial charge in [-0.2, -0.15) is 0 Å². The number of aromatic nitrogens is 3. The van der Waals surface area contributed by atoms with Crippen LogP contribution in [0.3, 0.4) is 0 Å². The molecule has 2 aliphatic rings. The highest BCUT2D eigenvalue weighted by Gasteiger charge is 2.49. The molecule has 5 rings (SSSR count). The first-order valence-corrected chi connectivity index (χ1v) is 19.1. The molecule has 1 aromatic heterocycles. The monoisotopic (exact) mass is 604 g/mol. The molecule has 2 aliphatic heterocycles. The predicted octanol–water partition coefficient (Wildman–Crippen LogP) is 5.69. The van der Waals surface area contributed by atoms with Crippen LogP contribution < -0.4 is 4.90 Å². The number of anilines is 1. The van der Waals surface area contributed by atoms with Gasteiger partial charge in [-0.1, -0.05) is 67.4 Å². The maximum Gasteiger partial charge on any atom is 0.226 e. The molecule has 2 N–H and O–H groups in total. The lowest BCUT2D eigenvalue weighted by molar-refractivity contribution is -0.118. The molecule has 2 aromatic carbocycles. The van der Waals surface area contributed by atoms with Gasteiger partial charge in [-0.05, 0) is 74.4 Å². The Labute approximate surface area is 257 Å². The quantitative estimate of drug-likeness (QED) is 0.273. The third-order valence-electron chi connectivity index (χ3n) is 9.45. The molecule has 0 aliphatic carbocycles. The third kappa shape index (κ3) is 7.81. The smallest absolute Gasteiger partial charge is 0.226 e. The van der Waals surface area contributed by atoms with Crippen LogP contribution >= 0.6 is 0 Å². The second kappa shape index (κ2) is 14.3. The van der Waals surface area contributed by atoms with Crippen molar-refractivity contribution in [1.82, 2.24) is 15.0 Å². The van der Waals surface area contributed by atoms with E-state index in [-0.39, 0.29) is 42.1 Å². The fraction of sp³-hybridized carbons (Fsp3) is 0.559. The van der Waals surface area contributed by atoms with Crippen molar-refractivity contribution < 1.29 is 19.4 Å². The molecule has 3 heterocycles. The minimum atomic E-state index is -2.48. The molecule has 1 unspecified atom stereocenters. The number of aliphatic hydroxyl groups is 1. The fourth-order valence-electron chi connectivity index (χ4n) is 7.16. The lowest BCUT2D eigenvalue weighted by atomic mass is 9.95. The van der Waals surface area contributed by atoms with Crippen LogP contribution in [-0.4, -0.2) is 64.5 Å². The Morgan fingerprint density at radius 2 is 1.74 bits per heavy atom. The molecule has 0 bridgehead atoms. The molecule has 0 saturated carbocycles. The van der Waals surface area contributed by atoms with E-state index in [1.807, 2.05) is 59.2 Å². The zero-order valence-corrected chi connectivity index (χ0v) is 26.9. The minimum absolute atomic E-state index is 0.0287. The van der Waals surface area contributed by atoms with E-state index in [0.717, 1.165) is 62.0 Å². The van der Waals surface area contributed by atoms with Gasteiger partial charge >= 0.3 is 0 Å². The van der Waals surface area contributed by atoms with E-state index in [4.69, 9.17) is 4.74 Å². The van der Waals surface area contributed by atoms with Crippen LogP contribution in [0.2, 0.25) is 18.6 Å². The van der Waals surface area contributed by atoms with Crippen LogP contribution in [0, 0.1) is 5.92 Å². The van der Waals surface area contributed by atoms with E-state index >= 15 is 0 Å². The molecule has 2 saturated heterocycles. The van der Waals surface area contributed by atoms with Crippen molar-refractivity contribution in [3.63, 3.8) is 0 Å². The largest absolute Gasteiger partial charge is 0.432 e. The lowest BCUT2D eigenvalue weighted by Gasteiger charge is -2.30. The molecule has 3 aromatic rings. The lowest BCUT2D eigenvalue weighted by Crippen LogP contribution is -2.40. The van der Waals surface area contributed by atoms with Gasteiger partial charge in [-0.3, -0.25) is 9.48 Å². The Bertz CT molecular complexity index is 1310. The predicted molar refractivity (Wildman–Crippen MR) is 171 cm³/mol. The van der Waals surface area contributed by atoms with Crippen LogP contribution in [-0.2, 0) is 22.5 Å². The van der Waals surface area contributed by atoms with Crippen molar-refractivity contribution in [2.75, 3.05) is 18.1 Å². The SMILES string of the molecule is C[C@@H]1[C@@H]([Si](C)(C)O)[C@H](CCn2cc(C(CO)c3ccccc3)nn2)O[C@@H]1CCc1ccc(N2CCCCCCC2=O)cc1. The van der Waals surface area contributed by atoms with Crippen molar-refractivity contribution in [2.24, 2.45) is 5.92 Å².